The molecule has 1 heterocycles. The van der Waals surface area contributed by atoms with Crippen molar-refractivity contribution < 1.29 is 0 Å². The summed E-state index contributed by atoms with van der Waals surface area (Å²) in [5, 5.41) is 8.18. The Kier molecular flexibility index (Phi) is 5.39. The molecule has 3 nitrogen and oxygen atoms in total. The number of likely N-dealkylation sites (N-methyl/N-ethyl adjacent to an activating group) is 1. The average molecular weight is 251 g/mol. The van der Waals surface area contributed by atoms with Gasteiger partial charge in [0, 0.05) is 24.7 Å². The molecular formula is C15H29N3. The Morgan fingerprint density at radius 3 is 2.50 bits per heavy atom. The Morgan fingerprint density at radius 1 is 1.33 bits per heavy atom. The predicted octanol–water partition coefficient (Wildman–Crippen LogP) is 3.17. The molecule has 0 aliphatic rings. The minimum Gasteiger partial charge on any atom is -0.313 e. The highest BCUT2D eigenvalue weighted by Gasteiger charge is 2.28. The summed E-state index contributed by atoms with van der Waals surface area (Å²) in [5.74, 6) is 0. The molecule has 1 aromatic heterocycles. The van der Waals surface area contributed by atoms with Crippen molar-refractivity contribution >= 4 is 0 Å². The van der Waals surface area contributed by atoms with Crippen LogP contribution in [0.2, 0.25) is 0 Å². The lowest BCUT2D eigenvalue weighted by molar-refractivity contribution is 0.229. The zero-order valence-corrected chi connectivity index (χ0v) is 12.9. The van der Waals surface area contributed by atoms with Gasteiger partial charge in [0.15, 0.2) is 0 Å². The molecule has 104 valence electrons. The fourth-order valence-corrected chi connectivity index (χ4v) is 2.36. The normalized spacial score (nSPS) is 13.9. The van der Waals surface area contributed by atoms with Crippen LogP contribution in [0.25, 0.3) is 0 Å². The third kappa shape index (κ3) is 3.58. The summed E-state index contributed by atoms with van der Waals surface area (Å²) < 4.78 is 2.13. The number of hydrogen-bond donors (Lipinski definition) is 1. The molecule has 0 aliphatic heterocycles. The van der Waals surface area contributed by atoms with Crippen LogP contribution in [-0.4, -0.2) is 22.4 Å². The van der Waals surface area contributed by atoms with Crippen LogP contribution in [0.5, 0.6) is 0 Å². The van der Waals surface area contributed by atoms with E-state index >= 15 is 0 Å². The van der Waals surface area contributed by atoms with Crippen LogP contribution in [0.1, 0.15) is 52.4 Å². The van der Waals surface area contributed by atoms with Crippen molar-refractivity contribution in [2.45, 2.75) is 67.0 Å². The van der Waals surface area contributed by atoms with E-state index in [4.69, 9.17) is 0 Å². The molecule has 0 saturated heterocycles. The monoisotopic (exact) mass is 251 g/mol. The molecule has 0 saturated carbocycles. The molecule has 1 N–H and O–H groups in total. The maximum atomic E-state index is 4.54. The first-order chi connectivity index (χ1) is 8.44. The van der Waals surface area contributed by atoms with Gasteiger partial charge >= 0.3 is 0 Å². The molecular weight excluding hydrogens is 222 g/mol. The molecule has 0 radical (unpaired) electrons. The molecule has 1 unspecified atom stereocenters. The lowest BCUT2D eigenvalue weighted by Gasteiger charge is -2.34. The number of hydrogen-bond acceptors (Lipinski definition) is 2. The highest BCUT2D eigenvalue weighted by Crippen LogP contribution is 2.27. The van der Waals surface area contributed by atoms with Crippen LogP contribution in [0.15, 0.2) is 6.07 Å². The van der Waals surface area contributed by atoms with Gasteiger partial charge in [-0.2, -0.15) is 5.10 Å². The summed E-state index contributed by atoms with van der Waals surface area (Å²) in [4.78, 5) is 0. The minimum absolute atomic E-state index is 0.312. The SMILES string of the molecule is CCNC(Cc1cc(C)nn1CC)C(C)(C)CC. The fourth-order valence-electron chi connectivity index (χ4n) is 2.36. The summed E-state index contributed by atoms with van der Waals surface area (Å²) >= 11 is 0. The molecule has 1 atom stereocenters. The molecule has 0 spiro atoms. The predicted molar refractivity (Wildman–Crippen MR) is 77.9 cm³/mol. The Hall–Kier alpha value is -0.830. The number of rotatable bonds is 7. The van der Waals surface area contributed by atoms with E-state index in [0.29, 0.717) is 11.5 Å². The first-order valence-corrected chi connectivity index (χ1v) is 7.21. The standard InChI is InChI=1S/C15H29N3/c1-7-15(5,6)14(16-8-2)11-13-10-12(4)17-18(13)9-3/h10,14,16H,7-9,11H2,1-6H3. The Bertz CT molecular complexity index is 366. The number of nitrogens with zero attached hydrogens (tertiary/aromatic N) is 2. The van der Waals surface area contributed by atoms with Gasteiger partial charge in [0.1, 0.15) is 0 Å². The van der Waals surface area contributed by atoms with Gasteiger partial charge in [0.2, 0.25) is 0 Å². The van der Waals surface area contributed by atoms with E-state index < -0.39 is 0 Å². The molecule has 0 amide bonds. The van der Waals surface area contributed by atoms with Crippen molar-refractivity contribution in [2.24, 2.45) is 5.41 Å². The second kappa shape index (κ2) is 6.37. The van der Waals surface area contributed by atoms with Crippen LogP contribution in [-0.2, 0) is 13.0 Å². The smallest absolute Gasteiger partial charge is 0.0596 e. The summed E-state index contributed by atoms with van der Waals surface area (Å²) in [7, 11) is 0. The Morgan fingerprint density at radius 2 is 2.00 bits per heavy atom. The molecule has 1 aromatic rings. The number of aromatic nitrogens is 2. The van der Waals surface area contributed by atoms with E-state index in [1.54, 1.807) is 0 Å². The van der Waals surface area contributed by atoms with Crippen LogP contribution in [0.4, 0.5) is 0 Å². The van der Waals surface area contributed by atoms with E-state index in [2.05, 4.69) is 62.7 Å². The van der Waals surface area contributed by atoms with Crippen molar-refractivity contribution in [3.63, 3.8) is 0 Å². The van der Waals surface area contributed by atoms with Gasteiger partial charge < -0.3 is 5.32 Å². The first-order valence-electron chi connectivity index (χ1n) is 7.21. The lowest BCUT2D eigenvalue weighted by atomic mass is 9.79. The van der Waals surface area contributed by atoms with Gasteiger partial charge in [-0.15, -0.1) is 0 Å². The van der Waals surface area contributed by atoms with Crippen molar-refractivity contribution in [1.82, 2.24) is 15.1 Å². The van der Waals surface area contributed by atoms with Crippen LogP contribution in [0.3, 0.4) is 0 Å². The largest absolute Gasteiger partial charge is 0.313 e. The second-order valence-corrected chi connectivity index (χ2v) is 5.75. The van der Waals surface area contributed by atoms with E-state index in [0.717, 1.165) is 25.2 Å². The van der Waals surface area contributed by atoms with Crippen molar-refractivity contribution in [3.8, 4) is 0 Å². The summed E-state index contributed by atoms with van der Waals surface area (Å²) in [5.41, 5.74) is 2.78. The van der Waals surface area contributed by atoms with Crippen molar-refractivity contribution in [1.29, 1.82) is 0 Å². The van der Waals surface area contributed by atoms with Gasteiger partial charge in [0.25, 0.3) is 0 Å². The van der Waals surface area contributed by atoms with E-state index in [9.17, 15) is 0 Å². The zero-order valence-electron chi connectivity index (χ0n) is 12.9. The minimum atomic E-state index is 0.312. The van der Waals surface area contributed by atoms with Crippen LogP contribution in [0, 0.1) is 12.3 Å². The van der Waals surface area contributed by atoms with Crippen LogP contribution >= 0.6 is 0 Å². The Labute approximate surface area is 112 Å². The summed E-state index contributed by atoms with van der Waals surface area (Å²) in [6, 6.07) is 2.73. The highest BCUT2D eigenvalue weighted by molar-refractivity contribution is 5.11. The van der Waals surface area contributed by atoms with E-state index in [1.807, 2.05) is 0 Å². The lowest BCUT2D eigenvalue weighted by Crippen LogP contribution is -2.43. The Balaban J connectivity index is 2.89. The number of aryl methyl sites for hydroxylation is 2. The van der Waals surface area contributed by atoms with Gasteiger partial charge in [-0.25, -0.2) is 0 Å². The van der Waals surface area contributed by atoms with Crippen LogP contribution < -0.4 is 5.32 Å². The quantitative estimate of drug-likeness (QED) is 0.806. The molecule has 1 rings (SSSR count). The van der Waals surface area contributed by atoms with E-state index in [1.165, 1.54) is 12.1 Å². The maximum absolute atomic E-state index is 4.54. The molecule has 0 aliphatic carbocycles. The zero-order chi connectivity index (χ0) is 13.8. The topological polar surface area (TPSA) is 29.9 Å². The average Bonchev–Trinajstić information content (AvgIpc) is 2.69. The van der Waals surface area contributed by atoms with Gasteiger partial charge in [-0.05, 0) is 38.3 Å². The maximum Gasteiger partial charge on any atom is 0.0596 e. The molecule has 3 heteroatoms. The van der Waals surface area contributed by atoms with E-state index in [-0.39, 0.29) is 0 Å². The molecule has 0 bridgehead atoms. The van der Waals surface area contributed by atoms with Gasteiger partial charge in [-0.3, -0.25) is 4.68 Å². The third-order valence-electron chi connectivity index (χ3n) is 4.00. The summed E-state index contributed by atoms with van der Waals surface area (Å²) in [6.07, 6.45) is 2.24. The summed E-state index contributed by atoms with van der Waals surface area (Å²) in [6.45, 7) is 15.3. The second-order valence-electron chi connectivity index (χ2n) is 5.75. The van der Waals surface area contributed by atoms with Crippen molar-refractivity contribution in [3.05, 3.63) is 17.5 Å². The van der Waals surface area contributed by atoms with Gasteiger partial charge in [0.05, 0.1) is 5.69 Å². The van der Waals surface area contributed by atoms with Crippen molar-refractivity contribution in [2.75, 3.05) is 6.54 Å². The highest BCUT2D eigenvalue weighted by atomic mass is 15.3. The fraction of sp³-hybridized carbons (Fsp3) is 0.800. The van der Waals surface area contributed by atoms with Gasteiger partial charge in [-0.1, -0.05) is 27.7 Å². The number of nitrogens with one attached hydrogen (secondary N) is 1. The molecule has 0 fully saturated rings. The first kappa shape index (κ1) is 15.2. The molecule has 0 aromatic carbocycles. The molecule has 18 heavy (non-hydrogen) atoms. The third-order valence-corrected chi connectivity index (χ3v) is 4.00.